The molecular formula is C22H34O2. The summed E-state index contributed by atoms with van der Waals surface area (Å²) in [4.78, 5) is 10.3. The molecule has 2 heteroatoms. The Hall–Kier alpha value is -1.79. The van der Waals surface area contributed by atoms with Gasteiger partial charge in [0.2, 0.25) is 0 Å². The smallest absolute Gasteiger partial charge is 0.303 e. The maximum atomic E-state index is 10.3. The molecule has 0 unspecified atom stereocenters. The Kier molecular flexibility index (Phi) is 17.8. The summed E-state index contributed by atoms with van der Waals surface area (Å²) in [6, 6.07) is 0. The van der Waals surface area contributed by atoms with E-state index in [-0.39, 0.29) is 0 Å². The van der Waals surface area contributed by atoms with Gasteiger partial charge in [-0.3, -0.25) is 4.79 Å². The summed E-state index contributed by atoms with van der Waals surface area (Å²) < 4.78 is 0. The van der Waals surface area contributed by atoms with Crippen LogP contribution in [-0.2, 0) is 4.79 Å². The number of hydrogen-bond donors (Lipinski definition) is 1. The summed E-state index contributed by atoms with van der Waals surface area (Å²) in [6.07, 6.45) is 28.1. The molecule has 0 heterocycles. The first-order valence-electron chi connectivity index (χ1n) is 9.33. The van der Waals surface area contributed by atoms with Crippen molar-refractivity contribution < 1.29 is 9.90 Å². The van der Waals surface area contributed by atoms with Gasteiger partial charge >= 0.3 is 5.97 Å². The molecule has 0 fully saturated rings. The van der Waals surface area contributed by atoms with Crippen molar-refractivity contribution in [1.82, 2.24) is 0 Å². The normalized spacial score (nSPS) is 11.4. The zero-order valence-corrected chi connectivity index (χ0v) is 15.3. The molecule has 0 spiro atoms. The lowest BCUT2D eigenvalue weighted by atomic mass is 10.1. The van der Waals surface area contributed by atoms with Gasteiger partial charge in [0.1, 0.15) is 0 Å². The standard InChI is InChI=1S/C22H34O2/c1-2-3-4-5-6-7-8-9-10-11-12-13-14-15-16-17-18-19-20-21-22(23)24/h5-6,8,10,12-13,15-16H,2-4,7,11,14,17-21H2,1H3,(H,23,24). The predicted octanol–water partition coefficient (Wildman–Crippen LogP) is 6.76. The van der Waals surface area contributed by atoms with Crippen LogP contribution in [-0.4, -0.2) is 11.1 Å². The summed E-state index contributed by atoms with van der Waals surface area (Å²) in [5.74, 6) is -0.692. The molecule has 0 aromatic carbocycles. The van der Waals surface area contributed by atoms with Crippen LogP contribution in [0.25, 0.3) is 0 Å². The van der Waals surface area contributed by atoms with Gasteiger partial charge in [-0.05, 0) is 57.1 Å². The zero-order chi connectivity index (χ0) is 17.7. The minimum Gasteiger partial charge on any atom is -0.481 e. The maximum Gasteiger partial charge on any atom is 0.303 e. The van der Waals surface area contributed by atoms with Crippen LogP contribution in [0.15, 0.2) is 54.3 Å². The average Bonchev–Trinajstić information content (AvgIpc) is 2.56. The molecule has 2 nitrogen and oxygen atoms in total. The van der Waals surface area contributed by atoms with Crippen molar-refractivity contribution in [2.75, 3.05) is 0 Å². The highest BCUT2D eigenvalue weighted by molar-refractivity contribution is 5.66. The van der Waals surface area contributed by atoms with Gasteiger partial charge in [-0.15, -0.1) is 5.73 Å². The quantitative estimate of drug-likeness (QED) is 0.204. The number of hydrogen-bond acceptors (Lipinski definition) is 1. The van der Waals surface area contributed by atoms with Crippen LogP contribution in [0.3, 0.4) is 0 Å². The van der Waals surface area contributed by atoms with Crippen LogP contribution in [0.4, 0.5) is 0 Å². The Labute approximate surface area is 148 Å². The topological polar surface area (TPSA) is 37.3 Å². The van der Waals surface area contributed by atoms with Crippen LogP contribution in [0, 0.1) is 0 Å². The van der Waals surface area contributed by atoms with Crippen molar-refractivity contribution in [3.8, 4) is 0 Å². The summed E-state index contributed by atoms with van der Waals surface area (Å²) in [5.41, 5.74) is 3.20. The first-order chi connectivity index (χ1) is 11.8. The van der Waals surface area contributed by atoms with Gasteiger partial charge in [0.05, 0.1) is 0 Å². The summed E-state index contributed by atoms with van der Waals surface area (Å²) in [7, 11) is 0. The molecule has 134 valence electrons. The van der Waals surface area contributed by atoms with Gasteiger partial charge in [-0.25, -0.2) is 0 Å². The second-order valence-electron chi connectivity index (χ2n) is 5.83. The number of carbonyl (C=O) groups is 1. The van der Waals surface area contributed by atoms with E-state index in [9.17, 15) is 4.79 Å². The number of carboxylic acid groups (broad SMARTS) is 1. The number of allylic oxidation sites excluding steroid dienone is 7. The molecule has 0 saturated carbocycles. The minimum absolute atomic E-state index is 0.295. The van der Waals surface area contributed by atoms with E-state index in [0.717, 1.165) is 44.9 Å². The molecule has 0 saturated heterocycles. The molecular weight excluding hydrogens is 296 g/mol. The van der Waals surface area contributed by atoms with Crippen LogP contribution in [0.5, 0.6) is 0 Å². The Morgan fingerprint density at radius 2 is 1.38 bits per heavy atom. The van der Waals surface area contributed by atoms with Crippen LogP contribution in [0.2, 0.25) is 0 Å². The molecule has 0 aromatic rings. The third kappa shape index (κ3) is 20.2. The van der Waals surface area contributed by atoms with Crippen LogP contribution in [0.1, 0.15) is 77.6 Å². The Balaban J connectivity index is 3.48. The van der Waals surface area contributed by atoms with Crippen molar-refractivity contribution in [3.63, 3.8) is 0 Å². The lowest BCUT2D eigenvalue weighted by Crippen LogP contribution is -1.93. The second-order valence-corrected chi connectivity index (χ2v) is 5.83. The Bertz CT molecular complexity index is 435. The molecule has 0 aromatic heterocycles. The third-order valence-electron chi connectivity index (χ3n) is 3.50. The summed E-state index contributed by atoms with van der Waals surface area (Å²) in [5, 5.41) is 8.52. The van der Waals surface area contributed by atoms with Crippen LogP contribution >= 0.6 is 0 Å². The van der Waals surface area contributed by atoms with Crippen molar-refractivity contribution in [1.29, 1.82) is 0 Å². The minimum atomic E-state index is -0.692. The van der Waals surface area contributed by atoms with E-state index in [1.54, 1.807) is 0 Å². The van der Waals surface area contributed by atoms with Gasteiger partial charge < -0.3 is 5.11 Å². The van der Waals surface area contributed by atoms with E-state index >= 15 is 0 Å². The number of aliphatic carboxylic acids is 1. The van der Waals surface area contributed by atoms with Crippen molar-refractivity contribution in [2.45, 2.75) is 77.6 Å². The number of unbranched alkanes of at least 4 members (excludes halogenated alkanes) is 5. The Morgan fingerprint density at radius 1 is 0.792 bits per heavy atom. The third-order valence-corrected chi connectivity index (χ3v) is 3.50. The van der Waals surface area contributed by atoms with Crippen molar-refractivity contribution in [2.24, 2.45) is 0 Å². The molecule has 0 radical (unpaired) electrons. The van der Waals surface area contributed by atoms with Gasteiger partial charge in [0.15, 0.2) is 0 Å². The highest BCUT2D eigenvalue weighted by Crippen LogP contribution is 2.04. The molecule has 0 atom stereocenters. The molecule has 0 aliphatic heterocycles. The highest BCUT2D eigenvalue weighted by atomic mass is 16.4. The molecule has 0 bridgehead atoms. The van der Waals surface area contributed by atoms with E-state index in [1.165, 1.54) is 19.3 Å². The first kappa shape index (κ1) is 22.2. The van der Waals surface area contributed by atoms with Gasteiger partial charge in [0.25, 0.3) is 0 Å². The molecule has 0 amide bonds. The fraction of sp³-hybridized carbons (Fsp3) is 0.545. The highest BCUT2D eigenvalue weighted by Gasteiger charge is 1.94. The fourth-order valence-corrected chi connectivity index (χ4v) is 2.09. The number of carboxylic acids is 1. The zero-order valence-electron chi connectivity index (χ0n) is 15.3. The van der Waals surface area contributed by atoms with E-state index < -0.39 is 5.97 Å². The Morgan fingerprint density at radius 3 is 2.04 bits per heavy atom. The van der Waals surface area contributed by atoms with Crippen LogP contribution < -0.4 is 0 Å². The largest absolute Gasteiger partial charge is 0.481 e. The first-order valence-corrected chi connectivity index (χ1v) is 9.33. The molecule has 0 aliphatic rings. The molecule has 0 rings (SSSR count). The average molecular weight is 331 g/mol. The number of rotatable bonds is 15. The van der Waals surface area contributed by atoms with E-state index in [0.29, 0.717) is 6.42 Å². The molecule has 24 heavy (non-hydrogen) atoms. The molecule has 1 N–H and O–H groups in total. The fourth-order valence-electron chi connectivity index (χ4n) is 2.09. The maximum absolute atomic E-state index is 10.3. The summed E-state index contributed by atoms with van der Waals surface area (Å²) in [6.45, 7) is 2.21. The SMILES string of the molecule is CCCCC=CCC=C=CCC=CCC=CCCCCCC(=O)O. The van der Waals surface area contributed by atoms with E-state index in [1.807, 2.05) is 0 Å². The second kappa shape index (κ2) is 19.3. The lowest BCUT2D eigenvalue weighted by Gasteiger charge is -1.94. The van der Waals surface area contributed by atoms with Crippen molar-refractivity contribution >= 4 is 5.97 Å². The van der Waals surface area contributed by atoms with Crippen molar-refractivity contribution in [3.05, 3.63) is 54.3 Å². The summed E-state index contributed by atoms with van der Waals surface area (Å²) >= 11 is 0. The van der Waals surface area contributed by atoms with Gasteiger partial charge in [-0.2, -0.15) is 0 Å². The van der Waals surface area contributed by atoms with Gasteiger partial charge in [-0.1, -0.05) is 62.6 Å². The van der Waals surface area contributed by atoms with Gasteiger partial charge in [0, 0.05) is 6.42 Å². The van der Waals surface area contributed by atoms with E-state index in [4.69, 9.17) is 5.11 Å². The monoisotopic (exact) mass is 330 g/mol. The lowest BCUT2D eigenvalue weighted by molar-refractivity contribution is -0.137. The van der Waals surface area contributed by atoms with E-state index in [2.05, 4.69) is 61.3 Å². The predicted molar refractivity (Wildman–Crippen MR) is 104 cm³/mol. The molecule has 0 aliphatic carbocycles.